The van der Waals surface area contributed by atoms with Gasteiger partial charge in [0.2, 0.25) is 0 Å². The van der Waals surface area contributed by atoms with Gasteiger partial charge < -0.3 is 5.11 Å². The van der Waals surface area contributed by atoms with Crippen molar-refractivity contribution >= 4 is 0 Å². The van der Waals surface area contributed by atoms with Gasteiger partial charge in [-0.3, -0.25) is 4.57 Å². The largest absolute Gasteiger partial charge is 0.389 e. The van der Waals surface area contributed by atoms with E-state index in [1.807, 2.05) is 12.1 Å². The Bertz CT molecular complexity index is 409. The molecule has 1 atom stereocenters. The summed E-state index contributed by atoms with van der Waals surface area (Å²) in [6.07, 6.45) is 6.31. The van der Waals surface area contributed by atoms with Gasteiger partial charge in [0, 0.05) is 24.2 Å². The lowest BCUT2D eigenvalue weighted by molar-refractivity contribution is 0.198. The molecule has 0 radical (unpaired) electrons. The van der Waals surface area contributed by atoms with Crippen LogP contribution in [0.4, 0.5) is 0 Å². The molecule has 1 unspecified atom stereocenters. The smallest absolute Gasteiger partial charge is 0.143 e. The van der Waals surface area contributed by atoms with Crippen LogP contribution in [0, 0.1) is 0 Å². The maximum absolute atomic E-state index is 9.53. The van der Waals surface area contributed by atoms with Gasteiger partial charge in [-0.05, 0) is 13.0 Å². The molecule has 4 heteroatoms. The molecule has 0 aromatic carbocycles. The van der Waals surface area contributed by atoms with E-state index in [4.69, 9.17) is 0 Å². The highest BCUT2D eigenvalue weighted by molar-refractivity contribution is 5.34. The molecule has 1 N–H and O–H groups in total. The summed E-state index contributed by atoms with van der Waals surface area (Å²) >= 11 is 0. The minimum Gasteiger partial charge on any atom is -0.389 e. The lowest BCUT2D eigenvalue weighted by Gasteiger charge is -2.10. The van der Waals surface area contributed by atoms with E-state index in [0.717, 1.165) is 11.4 Å². The lowest BCUT2D eigenvalue weighted by atomic mass is 10.1. The molecular formula is C10H11N3O. The minimum absolute atomic E-state index is 0.527. The average Bonchev–Trinajstić information content (AvgIpc) is 2.70. The first-order valence-electron chi connectivity index (χ1n) is 4.40. The summed E-state index contributed by atoms with van der Waals surface area (Å²) < 4.78 is 1.78. The number of rotatable bonds is 2. The molecule has 2 heterocycles. The molecule has 2 rings (SSSR count). The average molecular weight is 189 g/mol. The molecule has 72 valence electrons. The zero-order valence-electron chi connectivity index (χ0n) is 7.83. The van der Waals surface area contributed by atoms with Crippen molar-refractivity contribution in [2.45, 2.75) is 13.0 Å². The number of aliphatic hydroxyl groups is 1. The van der Waals surface area contributed by atoms with Crippen LogP contribution >= 0.6 is 0 Å². The van der Waals surface area contributed by atoms with Gasteiger partial charge in [-0.25, -0.2) is 9.97 Å². The van der Waals surface area contributed by atoms with E-state index >= 15 is 0 Å². The maximum atomic E-state index is 9.53. The zero-order valence-corrected chi connectivity index (χ0v) is 7.83. The highest BCUT2D eigenvalue weighted by Crippen LogP contribution is 2.18. The molecule has 0 amide bonds. The summed E-state index contributed by atoms with van der Waals surface area (Å²) in [4.78, 5) is 8.15. The maximum Gasteiger partial charge on any atom is 0.143 e. The van der Waals surface area contributed by atoms with Gasteiger partial charge in [-0.15, -0.1) is 0 Å². The van der Waals surface area contributed by atoms with Crippen LogP contribution in [-0.4, -0.2) is 19.6 Å². The van der Waals surface area contributed by atoms with Gasteiger partial charge in [-0.1, -0.05) is 6.07 Å². The second-order valence-corrected chi connectivity index (χ2v) is 3.06. The second-order valence-electron chi connectivity index (χ2n) is 3.06. The molecule has 0 aliphatic carbocycles. The van der Waals surface area contributed by atoms with Gasteiger partial charge in [0.15, 0.2) is 0 Å². The predicted molar refractivity (Wildman–Crippen MR) is 52.0 cm³/mol. The zero-order chi connectivity index (χ0) is 9.97. The number of hydrogen-bond acceptors (Lipinski definition) is 3. The fraction of sp³-hybridized carbons (Fsp3) is 0.200. The van der Waals surface area contributed by atoms with Crippen LogP contribution in [-0.2, 0) is 0 Å². The number of aliphatic hydroxyl groups excluding tert-OH is 1. The summed E-state index contributed by atoms with van der Waals surface area (Å²) in [6, 6.07) is 3.66. The van der Waals surface area contributed by atoms with Gasteiger partial charge in [0.1, 0.15) is 12.1 Å². The van der Waals surface area contributed by atoms with Gasteiger partial charge in [-0.2, -0.15) is 0 Å². The van der Waals surface area contributed by atoms with Gasteiger partial charge in [0.05, 0.1) is 6.10 Å². The molecule has 0 saturated heterocycles. The summed E-state index contributed by atoms with van der Waals surface area (Å²) in [7, 11) is 0. The van der Waals surface area contributed by atoms with E-state index in [1.165, 1.54) is 0 Å². The molecule has 4 nitrogen and oxygen atoms in total. The summed E-state index contributed by atoms with van der Waals surface area (Å²) in [6.45, 7) is 1.72. The Morgan fingerprint density at radius 3 is 2.93 bits per heavy atom. The van der Waals surface area contributed by atoms with E-state index in [9.17, 15) is 5.11 Å². The third-order valence-corrected chi connectivity index (χ3v) is 2.02. The third-order valence-electron chi connectivity index (χ3n) is 2.02. The van der Waals surface area contributed by atoms with Gasteiger partial charge >= 0.3 is 0 Å². The monoisotopic (exact) mass is 189 g/mol. The Morgan fingerprint density at radius 1 is 1.43 bits per heavy atom. The van der Waals surface area contributed by atoms with Crippen molar-refractivity contribution in [1.29, 1.82) is 0 Å². The summed E-state index contributed by atoms with van der Waals surface area (Å²) in [5.74, 6) is 0.722. The first-order valence-corrected chi connectivity index (χ1v) is 4.40. The normalized spacial score (nSPS) is 12.7. The Balaban J connectivity index is 2.53. The number of nitrogens with zero attached hydrogens (tertiary/aromatic N) is 3. The standard InChI is InChI=1S/C10H11N3O/c1-8(14)9-3-2-4-12-10(9)13-6-5-11-7-13/h2-8,14H,1H3. The molecule has 0 fully saturated rings. The number of aromatic nitrogens is 3. The lowest BCUT2D eigenvalue weighted by Crippen LogP contribution is -2.03. The number of imidazole rings is 1. The van der Waals surface area contributed by atoms with Crippen LogP contribution in [0.2, 0.25) is 0 Å². The van der Waals surface area contributed by atoms with Crippen molar-refractivity contribution in [3.8, 4) is 5.82 Å². The molecule has 0 aliphatic rings. The fourth-order valence-corrected chi connectivity index (χ4v) is 1.34. The molecule has 0 bridgehead atoms. The van der Waals surface area contributed by atoms with E-state index in [-0.39, 0.29) is 0 Å². The molecule has 0 spiro atoms. The number of hydrogen-bond donors (Lipinski definition) is 1. The molecule has 0 saturated carbocycles. The second kappa shape index (κ2) is 3.59. The quantitative estimate of drug-likeness (QED) is 0.775. The van der Waals surface area contributed by atoms with E-state index in [2.05, 4.69) is 9.97 Å². The van der Waals surface area contributed by atoms with Crippen molar-refractivity contribution in [3.05, 3.63) is 42.6 Å². The Labute approximate surface area is 81.9 Å². The van der Waals surface area contributed by atoms with Gasteiger partial charge in [0.25, 0.3) is 0 Å². The Hall–Kier alpha value is -1.68. The van der Waals surface area contributed by atoms with Crippen LogP contribution in [0.3, 0.4) is 0 Å². The van der Waals surface area contributed by atoms with Crippen molar-refractivity contribution in [2.75, 3.05) is 0 Å². The molecule has 14 heavy (non-hydrogen) atoms. The van der Waals surface area contributed by atoms with Crippen molar-refractivity contribution < 1.29 is 5.11 Å². The Kier molecular flexibility index (Phi) is 2.28. The first kappa shape index (κ1) is 8.90. The van der Waals surface area contributed by atoms with E-state index in [1.54, 1.807) is 36.4 Å². The predicted octanol–water partition coefficient (Wildman–Crippen LogP) is 1.32. The summed E-state index contributed by atoms with van der Waals surface area (Å²) in [5, 5.41) is 9.53. The van der Waals surface area contributed by atoms with Crippen LogP contribution in [0.15, 0.2) is 37.1 Å². The highest BCUT2D eigenvalue weighted by atomic mass is 16.3. The SMILES string of the molecule is CC(O)c1cccnc1-n1ccnc1. The van der Waals surface area contributed by atoms with Crippen LogP contribution in [0.5, 0.6) is 0 Å². The molecule has 2 aromatic rings. The molecule has 0 aliphatic heterocycles. The fourth-order valence-electron chi connectivity index (χ4n) is 1.34. The van der Waals surface area contributed by atoms with Crippen LogP contribution in [0.25, 0.3) is 5.82 Å². The molecular weight excluding hydrogens is 178 g/mol. The third kappa shape index (κ3) is 1.52. The minimum atomic E-state index is -0.527. The van der Waals surface area contributed by atoms with Crippen molar-refractivity contribution in [1.82, 2.24) is 14.5 Å². The van der Waals surface area contributed by atoms with E-state index in [0.29, 0.717) is 0 Å². The number of pyridine rings is 1. The highest BCUT2D eigenvalue weighted by Gasteiger charge is 2.09. The van der Waals surface area contributed by atoms with Crippen molar-refractivity contribution in [2.24, 2.45) is 0 Å². The van der Waals surface area contributed by atoms with E-state index < -0.39 is 6.10 Å². The van der Waals surface area contributed by atoms with Crippen LogP contribution < -0.4 is 0 Å². The Morgan fingerprint density at radius 2 is 2.29 bits per heavy atom. The molecule has 2 aromatic heterocycles. The van der Waals surface area contributed by atoms with Crippen LogP contribution in [0.1, 0.15) is 18.6 Å². The first-order chi connectivity index (χ1) is 6.79. The summed E-state index contributed by atoms with van der Waals surface area (Å²) in [5.41, 5.74) is 0.797. The van der Waals surface area contributed by atoms with Crippen molar-refractivity contribution in [3.63, 3.8) is 0 Å². The topological polar surface area (TPSA) is 50.9 Å².